The number of carbonyl (C=O) groups is 1. The molecule has 0 spiro atoms. The van der Waals surface area contributed by atoms with Crippen molar-refractivity contribution in [3.05, 3.63) is 23.3 Å². The average molecular weight is 266 g/mol. The summed E-state index contributed by atoms with van der Waals surface area (Å²) in [5.74, 6) is 1.00. The number of aliphatic carboxylic acids is 1. The fourth-order valence-corrected chi connectivity index (χ4v) is 3.57. The maximum absolute atomic E-state index is 10.7. The van der Waals surface area contributed by atoms with E-state index in [1.54, 1.807) is 0 Å². The molecule has 3 rings (SSSR count). The first-order valence-corrected chi connectivity index (χ1v) is 7.05. The lowest BCUT2D eigenvalue weighted by atomic mass is 9.91. The number of hydrogen-bond acceptors (Lipinski definition) is 4. The molecule has 1 heterocycles. The van der Waals surface area contributed by atoms with Crippen molar-refractivity contribution in [1.29, 1.82) is 0 Å². The smallest absolute Gasteiger partial charge is 0.313 e. The van der Waals surface area contributed by atoms with Crippen molar-refractivity contribution < 1.29 is 19.4 Å². The van der Waals surface area contributed by atoms with E-state index in [0.29, 0.717) is 0 Å². The molecule has 5 heteroatoms. The first-order valence-electron chi connectivity index (χ1n) is 6.00. The van der Waals surface area contributed by atoms with E-state index in [4.69, 9.17) is 14.6 Å². The van der Waals surface area contributed by atoms with E-state index in [0.717, 1.165) is 30.8 Å². The van der Waals surface area contributed by atoms with Crippen molar-refractivity contribution in [2.24, 2.45) is 0 Å². The molecule has 18 heavy (non-hydrogen) atoms. The molecule has 96 valence electrons. The predicted octanol–water partition coefficient (Wildman–Crippen LogP) is 2.61. The number of rotatable bonds is 3. The molecule has 0 radical (unpaired) electrons. The van der Waals surface area contributed by atoms with Crippen LogP contribution in [-0.4, -0.2) is 23.6 Å². The number of aryl methyl sites for hydroxylation is 1. The molecule has 2 aliphatic rings. The van der Waals surface area contributed by atoms with Gasteiger partial charge in [-0.1, -0.05) is 0 Å². The summed E-state index contributed by atoms with van der Waals surface area (Å²) in [6.45, 7) is 0.283. The minimum atomic E-state index is -0.757. The Bertz CT molecular complexity index is 486. The average Bonchev–Trinajstić information content (AvgIpc) is 2.80. The van der Waals surface area contributed by atoms with Crippen LogP contribution in [-0.2, 0) is 11.2 Å². The molecular weight excluding hydrogens is 252 g/mol. The SMILES string of the molecule is O=C(O)CSC1CCCc2cc3c(cc21)OCO3. The molecule has 0 aromatic heterocycles. The van der Waals surface area contributed by atoms with Gasteiger partial charge in [0.05, 0.1) is 5.75 Å². The van der Waals surface area contributed by atoms with E-state index in [1.165, 1.54) is 22.9 Å². The molecule has 1 atom stereocenters. The van der Waals surface area contributed by atoms with Crippen LogP contribution in [0.5, 0.6) is 11.5 Å². The minimum absolute atomic E-state index is 0.151. The number of carboxylic acids is 1. The van der Waals surface area contributed by atoms with Gasteiger partial charge < -0.3 is 14.6 Å². The third-order valence-electron chi connectivity index (χ3n) is 3.30. The van der Waals surface area contributed by atoms with E-state index in [-0.39, 0.29) is 17.8 Å². The lowest BCUT2D eigenvalue weighted by molar-refractivity contribution is -0.133. The Kier molecular flexibility index (Phi) is 3.07. The third kappa shape index (κ3) is 2.14. The molecule has 4 nitrogen and oxygen atoms in total. The Morgan fingerprint density at radius 1 is 1.39 bits per heavy atom. The number of thioether (sulfide) groups is 1. The Morgan fingerprint density at radius 2 is 2.17 bits per heavy atom. The molecule has 1 aliphatic heterocycles. The normalized spacial score (nSPS) is 20.6. The Balaban J connectivity index is 1.87. The first kappa shape index (κ1) is 11.7. The van der Waals surface area contributed by atoms with Gasteiger partial charge in [0.2, 0.25) is 6.79 Å². The zero-order valence-corrected chi connectivity index (χ0v) is 10.7. The van der Waals surface area contributed by atoms with Gasteiger partial charge >= 0.3 is 5.97 Å². The lowest BCUT2D eigenvalue weighted by Gasteiger charge is -2.24. The Hall–Kier alpha value is -1.36. The van der Waals surface area contributed by atoms with E-state index in [9.17, 15) is 4.79 Å². The molecule has 1 N–H and O–H groups in total. The first-order chi connectivity index (χ1) is 8.74. The quantitative estimate of drug-likeness (QED) is 0.911. The summed E-state index contributed by atoms with van der Waals surface area (Å²) < 4.78 is 10.8. The number of ether oxygens (including phenoxy) is 2. The summed E-state index contributed by atoms with van der Waals surface area (Å²) in [5.41, 5.74) is 2.49. The van der Waals surface area contributed by atoms with Crippen LogP contribution in [0.4, 0.5) is 0 Å². The summed E-state index contributed by atoms with van der Waals surface area (Å²) in [4.78, 5) is 10.7. The summed E-state index contributed by atoms with van der Waals surface area (Å²) in [5, 5.41) is 9.04. The molecule has 1 aromatic rings. The number of carboxylic acid groups (broad SMARTS) is 1. The van der Waals surface area contributed by atoms with E-state index < -0.39 is 5.97 Å². The highest BCUT2D eigenvalue weighted by atomic mass is 32.2. The second kappa shape index (κ2) is 4.72. The van der Waals surface area contributed by atoms with Gasteiger partial charge in [0.15, 0.2) is 11.5 Å². The summed E-state index contributed by atoms with van der Waals surface area (Å²) >= 11 is 1.50. The van der Waals surface area contributed by atoms with Gasteiger partial charge in [-0.15, -0.1) is 11.8 Å². The lowest BCUT2D eigenvalue weighted by Crippen LogP contribution is -2.09. The second-order valence-corrected chi connectivity index (χ2v) is 5.68. The molecule has 0 amide bonds. The molecule has 0 saturated heterocycles. The van der Waals surface area contributed by atoms with Crippen LogP contribution in [0.1, 0.15) is 29.2 Å². The number of hydrogen-bond donors (Lipinski definition) is 1. The van der Waals surface area contributed by atoms with E-state index in [2.05, 4.69) is 0 Å². The van der Waals surface area contributed by atoms with Crippen molar-refractivity contribution in [1.82, 2.24) is 0 Å². The zero-order valence-electron chi connectivity index (χ0n) is 9.85. The fraction of sp³-hybridized carbons (Fsp3) is 0.462. The minimum Gasteiger partial charge on any atom is -0.481 e. The third-order valence-corrected chi connectivity index (χ3v) is 4.61. The highest BCUT2D eigenvalue weighted by molar-refractivity contribution is 8.00. The summed E-state index contributed by atoms with van der Waals surface area (Å²) in [7, 11) is 0. The molecule has 0 saturated carbocycles. The number of fused-ring (bicyclic) bond motifs is 2. The van der Waals surface area contributed by atoms with Crippen molar-refractivity contribution in [2.45, 2.75) is 24.5 Å². The molecule has 1 aromatic carbocycles. The van der Waals surface area contributed by atoms with Gasteiger partial charge in [-0.05, 0) is 42.5 Å². The highest BCUT2D eigenvalue weighted by Crippen LogP contribution is 2.45. The molecule has 0 bridgehead atoms. The van der Waals surface area contributed by atoms with Crippen LogP contribution < -0.4 is 9.47 Å². The van der Waals surface area contributed by atoms with Crippen LogP contribution in [0.25, 0.3) is 0 Å². The zero-order chi connectivity index (χ0) is 12.5. The van der Waals surface area contributed by atoms with E-state index in [1.807, 2.05) is 12.1 Å². The topological polar surface area (TPSA) is 55.8 Å². The van der Waals surface area contributed by atoms with Gasteiger partial charge in [0.1, 0.15) is 0 Å². The summed E-state index contributed by atoms with van der Waals surface area (Å²) in [6, 6.07) is 4.07. The van der Waals surface area contributed by atoms with Crippen molar-refractivity contribution in [3.63, 3.8) is 0 Å². The second-order valence-electron chi connectivity index (χ2n) is 4.49. The van der Waals surface area contributed by atoms with Gasteiger partial charge in [-0.3, -0.25) is 4.79 Å². The fourth-order valence-electron chi connectivity index (χ4n) is 2.49. The van der Waals surface area contributed by atoms with Crippen molar-refractivity contribution >= 4 is 17.7 Å². The summed E-state index contributed by atoms with van der Waals surface area (Å²) in [6.07, 6.45) is 3.17. The van der Waals surface area contributed by atoms with Crippen molar-refractivity contribution in [2.75, 3.05) is 12.5 Å². The maximum Gasteiger partial charge on any atom is 0.313 e. The van der Waals surface area contributed by atoms with Crippen LogP contribution in [0.2, 0.25) is 0 Å². The monoisotopic (exact) mass is 266 g/mol. The van der Waals surface area contributed by atoms with Gasteiger partial charge in [0.25, 0.3) is 0 Å². The van der Waals surface area contributed by atoms with Crippen LogP contribution >= 0.6 is 11.8 Å². The molecule has 1 unspecified atom stereocenters. The van der Waals surface area contributed by atoms with Crippen LogP contribution in [0.15, 0.2) is 12.1 Å². The van der Waals surface area contributed by atoms with E-state index >= 15 is 0 Å². The Morgan fingerprint density at radius 3 is 2.94 bits per heavy atom. The largest absolute Gasteiger partial charge is 0.481 e. The van der Waals surface area contributed by atoms with Crippen LogP contribution in [0.3, 0.4) is 0 Å². The Labute approximate surface area is 109 Å². The molecular formula is C13H14O4S. The molecule has 1 aliphatic carbocycles. The standard InChI is InChI=1S/C13H14O4S/c14-13(15)6-18-12-3-1-2-8-4-10-11(5-9(8)12)17-7-16-10/h4-5,12H,1-3,6-7H2,(H,14,15). The predicted molar refractivity (Wildman–Crippen MR) is 68.3 cm³/mol. The van der Waals surface area contributed by atoms with Crippen molar-refractivity contribution in [3.8, 4) is 11.5 Å². The number of benzene rings is 1. The maximum atomic E-state index is 10.7. The van der Waals surface area contributed by atoms with Crippen LogP contribution in [0, 0.1) is 0 Å². The van der Waals surface area contributed by atoms with Gasteiger partial charge in [-0.2, -0.15) is 0 Å². The highest BCUT2D eigenvalue weighted by Gasteiger charge is 2.25. The van der Waals surface area contributed by atoms with Gasteiger partial charge in [-0.25, -0.2) is 0 Å². The molecule has 0 fully saturated rings. The van der Waals surface area contributed by atoms with Gasteiger partial charge in [0, 0.05) is 5.25 Å².